The van der Waals surface area contributed by atoms with Gasteiger partial charge in [0.25, 0.3) is 0 Å². The first-order valence-corrected chi connectivity index (χ1v) is 6.73. The second-order valence-corrected chi connectivity index (χ2v) is 6.27. The maximum atomic E-state index is 9.30. The first-order valence-electron chi connectivity index (χ1n) is 5.14. The van der Waals surface area contributed by atoms with Crippen LogP contribution >= 0.6 is 0 Å². The molecule has 0 aliphatic carbocycles. The summed E-state index contributed by atoms with van der Waals surface area (Å²) in [5.74, 6) is 0.989. The van der Waals surface area contributed by atoms with Crippen molar-refractivity contribution in [3.8, 4) is 5.75 Å². The molecule has 0 spiro atoms. The monoisotopic (exact) mass is 400 g/mol. The van der Waals surface area contributed by atoms with Crippen molar-refractivity contribution in [1.29, 1.82) is 0 Å². The van der Waals surface area contributed by atoms with Crippen LogP contribution in [0.25, 0.3) is 0 Å². The number of aryl methyl sites for hydroxylation is 2. The minimum atomic E-state index is -0.389. The third-order valence-electron chi connectivity index (χ3n) is 2.93. The summed E-state index contributed by atoms with van der Waals surface area (Å²) in [5.41, 5.74) is 2.10. The summed E-state index contributed by atoms with van der Waals surface area (Å²) in [6.45, 7) is 4.14. The molecule has 1 aromatic carbocycles. The molecule has 2 nitrogen and oxygen atoms in total. The zero-order valence-electron chi connectivity index (χ0n) is 9.04. The van der Waals surface area contributed by atoms with Gasteiger partial charge in [-0.15, -0.1) is 0 Å². The molecule has 0 saturated heterocycles. The molecule has 1 aromatic rings. The minimum absolute atomic E-state index is 0.0883. The average Bonchev–Trinajstić information content (AvgIpc) is 2.20. The van der Waals surface area contributed by atoms with E-state index in [4.69, 9.17) is 4.74 Å². The number of aliphatic hydroxyl groups excluding tert-OH is 1. The number of hydrogen-bond donors (Lipinski definition) is 1. The fourth-order valence-electron chi connectivity index (χ4n) is 1.95. The second kappa shape index (κ2) is 4.04. The Bertz CT molecular complexity index is 389. The molecule has 0 saturated carbocycles. The van der Waals surface area contributed by atoms with Crippen molar-refractivity contribution >= 4 is 28.3 Å². The van der Waals surface area contributed by atoms with Gasteiger partial charge in [0.2, 0.25) is 0 Å². The van der Waals surface area contributed by atoms with Gasteiger partial charge in [-0.25, -0.2) is 0 Å². The zero-order valence-corrected chi connectivity index (χ0v) is 12.2. The van der Waals surface area contributed by atoms with Crippen LogP contribution in [0, 0.1) is 6.92 Å². The number of benzene rings is 1. The Kier molecular flexibility index (Phi) is 3.06. The van der Waals surface area contributed by atoms with Gasteiger partial charge in [-0.1, -0.05) is 0 Å². The molecule has 15 heavy (non-hydrogen) atoms. The Morgan fingerprint density at radius 1 is 1.53 bits per heavy atom. The Hall–Kier alpha value is -0.124. The predicted molar refractivity (Wildman–Crippen MR) is 61.0 cm³/mol. The van der Waals surface area contributed by atoms with E-state index in [9.17, 15) is 5.11 Å². The number of fused-ring (bicyclic) bond motifs is 1. The van der Waals surface area contributed by atoms with Gasteiger partial charge in [0.15, 0.2) is 0 Å². The van der Waals surface area contributed by atoms with Crippen LogP contribution in [0.3, 0.4) is 0 Å². The van der Waals surface area contributed by atoms with Crippen molar-refractivity contribution in [3.05, 3.63) is 23.3 Å². The number of rotatable bonds is 1. The van der Waals surface area contributed by atoms with Crippen LogP contribution in [0.2, 0.25) is 0 Å². The van der Waals surface area contributed by atoms with Gasteiger partial charge in [-0.3, -0.25) is 0 Å². The summed E-state index contributed by atoms with van der Waals surface area (Å²) >= 11 is 1.49. The third-order valence-corrected chi connectivity index (χ3v) is 3.85. The van der Waals surface area contributed by atoms with E-state index < -0.39 is 0 Å². The summed E-state index contributed by atoms with van der Waals surface area (Å²) in [6, 6.07) is 4.38. The molecule has 1 aliphatic heterocycles. The molecule has 0 unspecified atom stereocenters. The molecule has 0 aromatic heterocycles. The maximum absolute atomic E-state index is 9.30. The van der Waals surface area contributed by atoms with Gasteiger partial charge in [0.05, 0.1) is 0 Å². The van der Waals surface area contributed by atoms with E-state index in [1.54, 1.807) is 0 Å². The van der Waals surface area contributed by atoms with Gasteiger partial charge in [-0.2, -0.15) is 0 Å². The van der Waals surface area contributed by atoms with Crippen molar-refractivity contribution in [2.24, 2.45) is 0 Å². The van der Waals surface area contributed by atoms with Gasteiger partial charge < -0.3 is 0 Å². The summed E-state index contributed by atoms with van der Waals surface area (Å²) in [4.78, 5) is 0. The number of aliphatic hydroxyl groups is 1. The fourth-order valence-corrected chi connectivity index (χ4v) is 3.19. The first-order chi connectivity index (χ1) is 7.04. The topological polar surface area (TPSA) is 29.5 Å². The molecule has 0 bridgehead atoms. The first kappa shape index (κ1) is 11.4. The van der Waals surface area contributed by atoms with E-state index in [1.165, 1.54) is 39.4 Å². The standard InChI is InChI=1S/C12H15O2.Po/c1-9-4-3-5-10-6-7-12(2,8-13)14-11(9)10;/h4-5,13H,6-8H2,1-2H3;/t12-;/m0./s1. The summed E-state index contributed by atoms with van der Waals surface area (Å²) in [5, 5.41) is 9.30. The van der Waals surface area contributed by atoms with Crippen molar-refractivity contribution in [2.45, 2.75) is 32.3 Å². The van der Waals surface area contributed by atoms with Crippen LogP contribution in [0.5, 0.6) is 5.75 Å². The average molecular weight is 400 g/mol. The molecule has 2 rings (SSSR count). The Labute approximate surface area is 106 Å². The van der Waals surface area contributed by atoms with Crippen LogP contribution < -0.4 is 7.96 Å². The number of hydrogen-bond acceptors (Lipinski definition) is 2. The number of ether oxygens (including phenoxy) is 1. The quantitative estimate of drug-likeness (QED) is 0.758. The molecular weight excluding hydrogens is 385 g/mol. The Morgan fingerprint density at radius 2 is 2.27 bits per heavy atom. The molecule has 1 heterocycles. The molecule has 1 radical (unpaired) electrons. The molecule has 3 heteroatoms. The van der Waals surface area contributed by atoms with Gasteiger partial charge in [0.1, 0.15) is 0 Å². The molecule has 0 amide bonds. The van der Waals surface area contributed by atoms with Crippen LogP contribution in [-0.4, -0.2) is 42.4 Å². The van der Waals surface area contributed by atoms with Crippen LogP contribution in [0.4, 0.5) is 0 Å². The summed E-state index contributed by atoms with van der Waals surface area (Å²) < 4.78 is 7.28. The van der Waals surface area contributed by atoms with E-state index in [1.807, 2.05) is 6.92 Å². The van der Waals surface area contributed by atoms with E-state index in [0.29, 0.717) is 0 Å². The molecule has 0 fully saturated rings. The van der Waals surface area contributed by atoms with Crippen LogP contribution in [-0.2, 0) is 6.42 Å². The summed E-state index contributed by atoms with van der Waals surface area (Å²) in [7, 11) is 0. The second-order valence-electron chi connectivity index (χ2n) is 4.44. The van der Waals surface area contributed by atoms with E-state index in [-0.39, 0.29) is 12.2 Å². The molecule has 1 atom stereocenters. The van der Waals surface area contributed by atoms with Gasteiger partial charge in [-0.05, 0) is 0 Å². The van der Waals surface area contributed by atoms with Gasteiger partial charge >= 0.3 is 106 Å². The predicted octanol–water partition coefficient (Wildman–Crippen LogP) is 0.865. The van der Waals surface area contributed by atoms with Crippen molar-refractivity contribution in [1.82, 2.24) is 0 Å². The Balaban J connectivity index is 2.42. The SMILES string of the molecule is Cc1c[c]([Po])cc2c1O[C@](C)(CO)CC2. The van der Waals surface area contributed by atoms with Crippen molar-refractivity contribution in [3.63, 3.8) is 0 Å². The van der Waals surface area contributed by atoms with Crippen molar-refractivity contribution in [2.75, 3.05) is 6.61 Å². The summed E-state index contributed by atoms with van der Waals surface area (Å²) in [6.07, 6.45) is 1.91. The molecular formula is C12H15O2Po. The van der Waals surface area contributed by atoms with Gasteiger partial charge in [0, 0.05) is 0 Å². The van der Waals surface area contributed by atoms with Crippen LogP contribution in [0.15, 0.2) is 12.1 Å². The Morgan fingerprint density at radius 3 is 2.93 bits per heavy atom. The van der Waals surface area contributed by atoms with E-state index >= 15 is 0 Å². The molecule has 1 aliphatic rings. The van der Waals surface area contributed by atoms with E-state index in [2.05, 4.69) is 19.1 Å². The van der Waals surface area contributed by atoms with Crippen molar-refractivity contribution < 1.29 is 9.84 Å². The molecule has 1 N–H and O–H groups in total. The molecule has 81 valence electrons. The zero-order chi connectivity index (χ0) is 11.1. The van der Waals surface area contributed by atoms with Crippen LogP contribution in [0.1, 0.15) is 24.5 Å². The fraction of sp³-hybridized carbons (Fsp3) is 0.500. The third kappa shape index (κ3) is 2.19. The normalized spacial score (nSPS) is 24.5. The van der Waals surface area contributed by atoms with E-state index in [0.717, 1.165) is 18.6 Å².